The molecule has 0 heterocycles. The average molecular weight is 398 g/mol. The number of amides is 2. The molecule has 0 saturated carbocycles. The predicted molar refractivity (Wildman–Crippen MR) is 109 cm³/mol. The number of nitrogens with one attached hydrogen (secondary N) is 3. The molecule has 5 nitrogen and oxygen atoms in total. The lowest BCUT2D eigenvalue weighted by Gasteiger charge is -2.13. The van der Waals surface area contributed by atoms with Gasteiger partial charge in [-0.2, -0.15) is 0 Å². The van der Waals surface area contributed by atoms with Crippen LogP contribution in [0, 0.1) is 5.82 Å². The van der Waals surface area contributed by atoms with Crippen molar-refractivity contribution in [2.45, 2.75) is 0 Å². The number of carbonyl (C=O) groups excluding carboxylic acids is 2. The number of carbonyl (C=O) groups is 2. The highest BCUT2D eigenvalue weighted by molar-refractivity contribution is 6.30. The smallest absolute Gasteiger partial charge is 0.257 e. The molecule has 0 saturated heterocycles. The van der Waals surface area contributed by atoms with Gasteiger partial charge in [0.1, 0.15) is 5.82 Å². The fourth-order valence-electron chi connectivity index (χ4n) is 2.50. The zero-order chi connectivity index (χ0) is 19.9. The van der Waals surface area contributed by atoms with Crippen molar-refractivity contribution in [1.82, 2.24) is 0 Å². The summed E-state index contributed by atoms with van der Waals surface area (Å²) >= 11 is 5.85. The summed E-state index contributed by atoms with van der Waals surface area (Å²) in [5.41, 5.74) is 1.55. The van der Waals surface area contributed by atoms with Crippen LogP contribution in [0.5, 0.6) is 0 Å². The molecule has 3 aromatic rings. The van der Waals surface area contributed by atoms with Crippen molar-refractivity contribution in [2.24, 2.45) is 0 Å². The van der Waals surface area contributed by atoms with Gasteiger partial charge in [0.15, 0.2) is 0 Å². The Morgan fingerprint density at radius 1 is 0.821 bits per heavy atom. The molecule has 0 spiro atoms. The van der Waals surface area contributed by atoms with Crippen LogP contribution in [-0.2, 0) is 4.79 Å². The molecule has 0 unspecified atom stereocenters. The highest BCUT2D eigenvalue weighted by Crippen LogP contribution is 2.19. The Hall–Kier alpha value is -3.38. The lowest BCUT2D eigenvalue weighted by Crippen LogP contribution is -2.23. The van der Waals surface area contributed by atoms with Crippen molar-refractivity contribution in [3.8, 4) is 0 Å². The van der Waals surface area contributed by atoms with Crippen LogP contribution < -0.4 is 16.0 Å². The normalized spacial score (nSPS) is 10.2. The van der Waals surface area contributed by atoms with Crippen LogP contribution in [0.3, 0.4) is 0 Å². The highest BCUT2D eigenvalue weighted by atomic mass is 35.5. The molecule has 0 bridgehead atoms. The molecule has 0 fully saturated rings. The Labute approximate surface area is 166 Å². The SMILES string of the molecule is O=C(CNc1ccccc1C(=O)Nc1ccc(Cl)cc1)Nc1ccccc1F. The van der Waals surface area contributed by atoms with E-state index in [4.69, 9.17) is 11.6 Å². The first-order valence-corrected chi connectivity index (χ1v) is 8.85. The zero-order valence-electron chi connectivity index (χ0n) is 14.7. The lowest BCUT2D eigenvalue weighted by molar-refractivity contribution is -0.114. The number of para-hydroxylation sites is 2. The van der Waals surface area contributed by atoms with Gasteiger partial charge >= 0.3 is 0 Å². The second-order valence-corrected chi connectivity index (χ2v) is 6.32. The van der Waals surface area contributed by atoms with Gasteiger partial charge in [-0.3, -0.25) is 9.59 Å². The summed E-state index contributed by atoms with van der Waals surface area (Å²) in [5, 5.41) is 8.74. The maximum absolute atomic E-state index is 13.6. The summed E-state index contributed by atoms with van der Waals surface area (Å²) in [6.45, 7) is -0.125. The zero-order valence-corrected chi connectivity index (χ0v) is 15.5. The minimum atomic E-state index is -0.515. The van der Waals surface area contributed by atoms with Gasteiger partial charge < -0.3 is 16.0 Å². The first-order chi connectivity index (χ1) is 13.5. The molecule has 3 aromatic carbocycles. The molecule has 0 atom stereocenters. The van der Waals surface area contributed by atoms with E-state index in [1.807, 2.05) is 0 Å². The Bertz CT molecular complexity index is 993. The third-order valence-corrected chi connectivity index (χ3v) is 4.11. The molecule has 142 valence electrons. The minimum Gasteiger partial charge on any atom is -0.376 e. The monoisotopic (exact) mass is 397 g/mol. The first-order valence-electron chi connectivity index (χ1n) is 8.47. The fourth-order valence-corrected chi connectivity index (χ4v) is 2.63. The molecule has 0 aliphatic heterocycles. The van der Waals surface area contributed by atoms with Gasteiger partial charge in [-0.1, -0.05) is 35.9 Å². The van der Waals surface area contributed by atoms with Gasteiger partial charge in [-0.15, -0.1) is 0 Å². The third kappa shape index (κ3) is 5.08. The first kappa shape index (κ1) is 19.4. The molecule has 0 aliphatic carbocycles. The Morgan fingerprint density at radius 2 is 1.46 bits per heavy atom. The number of halogens is 2. The van der Waals surface area contributed by atoms with E-state index in [0.29, 0.717) is 22.0 Å². The van der Waals surface area contributed by atoms with Gasteiger partial charge in [-0.25, -0.2) is 4.39 Å². The molecule has 2 amide bonds. The third-order valence-electron chi connectivity index (χ3n) is 3.86. The number of hydrogen-bond donors (Lipinski definition) is 3. The fraction of sp³-hybridized carbons (Fsp3) is 0.0476. The van der Waals surface area contributed by atoms with Crippen molar-refractivity contribution in [1.29, 1.82) is 0 Å². The molecule has 0 radical (unpaired) electrons. The van der Waals surface area contributed by atoms with Crippen LogP contribution in [0.4, 0.5) is 21.5 Å². The molecule has 7 heteroatoms. The molecular weight excluding hydrogens is 381 g/mol. The number of rotatable bonds is 6. The predicted octanol–water partition coefficient (Wildman–Crippen LogP) is 4.78. The summed E-state index contributed by atoms with van der Waals surface area (Å²) in [6.07, 6.45) is 0. The molecule has 3 rings (SSSR count). The van der Waals surface area contributed by atoms with Crippen LogP contribution in [0.2, 0.25) is 5.02 Å². The Kier molecular flexibility index (Phi) is 6.24. The maximum Gasteiger partial charge on any atom is 0.257 e. The highest BCUT2D eigenvalue weighted by Gasteiger charge is 2.13. The molecule has 3 N–H and O–H groups in total. The summed E-state index contributed by atoms with van der Waals surface area (Å²) < 4.78 is 13.6. The van der Waals surface area contributed by atoms with Crippen LogP contribution >= 0.6 is 11.6 Å². The van der Waals surface area contributed by atoms with E-state index in [-0.39, 0.29) is 18.1 Å². The minimum absolute atomic E-state index is 0.100. The second kappa shape index (κ2) is 9.01. The van der Waals surface area contributed by atoms with Crippen molar-refractivity contribution in [3.63, 3.8) is 0 Å². The van der Waals surface area contributed by atoms with Gasteiger partial charge in [0.25, 0.3) is 5.91 Å². The number of anilines is 3. The van der Waals surface area contributed by atoms with E-state index in [1.54, 1.807) is 60.7 Å². The quantitative estimate of drug-likeness (QED) is 0.560. The van der Waals surface area contributed by atoms with Gasteiger partial charge in [0.2, 0.25) is 5.91 Å². The van der Waals surface area contributed by atoms with E-state index >= 15 is 0 Å². The van der Waals surface area contributed by atoms with Crippen LogP contribution in [0.15, 0.2) is 72.8 Å². The van der Waals surface area contributed by atoms with Crippen molar-refractivity contribution >= 4 is 40.5 Å². The topological polar surface area (TPSA) is 70.2 Å². The van der Waals surface area contributed by atoms with Crippen molar-refractivity contribution in [3.05, 3.63) is 89.2 Å². The summed E-state index contributed by atoms with van der Waals surface area (Å²) in [7, 11) is 0. The standard InChI is InChI=1S/C21H17ClFN3O2/c22-14-9-11-15(12-10-14)25-21(28)16-5-1-3-7-18(16)24-13-20(27)26-19-8-4-2-6-17(19)23/h1-12,24H,13H2,(H,25,28)(H,26,27). The van der Waals surface area contributed by atoms with E-state index in [9.17, 15) is 14.0 Å². The van der Waals surface area contributed by atoms with E-state index in [0.717, 1.165) is 0 Å². The van der Waals surface area contributed by atoms with Crippen LogP contribution in [0.1, 0.15) is 10.4 Å². The summed E-state index contributed by atoms with van der Waals surface area (Å²) in [6, 6.07) is 19.4. The van der Waals surface area contributed by atoms with Crippen molar-refractivity contribution in [2.75, 3.05) is 22.5 Å². The van der Waals surface area contributed by atoms with E-state index < -0.39 is 11.7 Å². The van der Waals surface area contributed by atoms with Gasteiger partial charge in [-0.05, 0) is 48.5 Å². The van der Waals surface area contributed by atoms with E-state index in [2.05, 4.69) is 16.0 Å². The number of benzene rings is 3. The molecule has 0 aromatic heterocycles. The molecule has 0 aliphatic rings. The lowest BCUT2D eigenvalue weighted by atomic mass is 10.1. The molecular formula is C21H17ClFN3O2. The van der Waals surface area contributed by atoms with Gasteiger partial charge in [0, 0.05) is 16.4 Å². The molecule has 28 heavy (non-hydrogen) atoms. The van der Waals surface area contributed by atoms with E-state index in [1.165, 1.54) is 12.1 Å². The summed E-state index contributed by atoms with van der Waals surface area (Å²) in [5.74, 6) is -1.28. The number of hydrogen-bond acceptors (Lipinski definition) is 3. The van der Waals surface area contributed by atoms with Crippen molar-refractivity contribution < 1.29 is 14.0 Å². The van der Waals surface area contributed by atoms with Crippen LogP contribution in [-0.4, -0.2) is 18.4 Å². The second-order valence-electron chi connectivity index (χ2n) is 5.89. The Morgan fingerprint density at radius 3 is 2.18 bits per heavy atom. The largest absolute Gasteiger partial charge is 0.376 e. The Balaban J connectivity index is 1.65. The maximum atomic E-state index is 13.6. The summed E-state index contributed by atoms with van der Waals surface area (Å²) in [4.78, 5) is 24.7. The van der Waals surface area contributed by atoms with Gasteiger partial charge in [0.05, 0.1) is 17.8 Å². The van der Waals surface area contributed by atoms with Crippen LogP contribution in [0.25, 0.3) is 0 Å². The average Bonchev–Trinajstić information content (AvgIpc) is 2.70.